The highest BCUT2D eigenvalue weighted by Crippen LogP contribution is 2.33. The lowest BCUT2D eigenvalue weighted by molar-refractivity contribution is 0.403. The van der Waals surface area contributed by atoms with E-state index in [0.717, 1.165) is 39.4 Å². The van der Waals surface area contributed by atoms with Crippen LogP contribution in [0, 0.1) is 6.92 Å². The number of rotatable bonds is 3. The van der Waals surface area contributed by atoms with E-state index in [1.807, 2.05) is 51.1 Å². The molecule has 0 radical (unpaired) electrons. The van der Waals surface area contributed by atoms with Gasteiger partial charge in [0.2, 0.25) is 0 Å². The van der Waals surface area contributed by atoms with E-state index in [0.29, 0.717) is 0 Å². The molecule has 136 valence electrons. The summed E-state index contributed by atoms with van der Waals surface area (Å²) in [4.78, 5) is 0. The second kappa shape index (κ2) is 8.30. The van der Waals surface area contributed by atoms with E-state index >= 15 is 0 Å². The van der Waals surface area contributed by atoms with E-state index in [2.05, 4.69) is 11.9 Å². The molecule has 0 spiro atoms. The molecule has 0 atom stereocenters. The molecule has 2 aromatic rings. The summed E-state index contributed by atoms with van der Waals surface area (Å²) >= 11 is 0. The van der Waals surface area contributed by atoms with Gasteiger partial charge in [0.15, 0.2) is 11.5 Å². The highest BCUT2D eigenvalue weighted by molar-refractivity contribution is 5.88. The fourth-order valence-electron chi connectivity index (χ4n) is 2.64. The first-order chi connectivity index (χ1) is 12.5. The molecule has 0 aromatic heterocycles. The molecular formula is C22H25NO3. The predicted molar refractivity (Wildman–Crippen MR) is 107 cm³/mol. The minimum absolute atomic E-state index is 0.139. The van der Waals surface area contributed by atoms with Crippen molar-refractivity contribution in [2.24, 2.45) is 0 Å². The molecule has 0 bridgehead atoms. The number of ether oxygens (including phenoxy) is 1. The number of phenolic OH excluding ortho intramolecular Hbond substituents is 2. The van der Waals surface area contributed by atoms with Crippen LogP contribution < -0.4 is 10.1 Å². The molecule has 2 aromatic carbocycles. The van der Waals surface area contributed by atoms with E-state index in [4.69, 9.17) is 4.74 Å². The number of methoxy groups -OCH3 is 1. The lowest BCUT2D eigenvalue weighted by Crippen LogP contribution is -2.13. The number of aromatic hydroxyl groups is 2. The Hall–Kier alpha value is -3.14. The molecule has 1 heterocycles. The fourth-order valence-corrected chi connectivity index (χ4v) is 2.64. The lowest BCUT2D eigenvalue weighted by atomic mass is 9.97. The first-order valence-corrected chi connectivity index (χ1v) is 8.54. The molecule has 0 aliphatic carbocycles. The van der Waals surface area contributed by atoms with Crippen LogP contribution in [0.3, 0.4) is 0 Å². The normalized spacial score (nSPS) is 13.0. The standard InChI is InChI=1S/C20H19NO3.C2H6/c1-12-4-5-15(11-20(12)24-3)17-9-16(8-13(2)21-17)14-6-7-18(22)19(23)10-14;1-2/h4-11,21-23H,2H2,1,3H3;1-2H3. The van der Waals surface area contributed by atoms with Crippen molar-refractivity contribution < 1.29 is 14.9 Å². The maximum atomic E-state index is 9.73. The van der Waals surface area contributed by atoms with Gasteiger partial charge in [-0.25, -0.2) is 0 Å². The van der Waals surface area contributed by atoms with E-state index in [9.17, 15) is 10.2 Å². The molecule has 1 aliphatic rings. The van der Waals surface area contributed by atoms with Gasteiger partial charge >= 0.3 is 0 Å². The Balaban J connectivity index is 0.00000117. The van der Waals surface area contributed by atoms with Gasteiger partial charge in [-0.3, -0.25) is 0 Å². The van der Waals surface area contributed by atoms with Crippen molar-refractivity contribution >= 4 is 11.3 Å². The second-order valence-corrected chi connectivity index (χ2v) is 5.70. The summed E-state index contributed by atoms with van der Waals surface area (Å²) in [7, 11) is 1.65. The number of nitrogens with one attached hydrogen (secondary N) is 1. The number of hydrogen-bond acceptors (Lipinski definition) is 4. The molecule has 0 unspecified atom stereocenters. The molecule has 3 rings (SSSR count). The highest BCUT2D eigenvalue weighted by Gasteiger charge is 2.13. The van der Waals surface area contributed by atoms with Crippen LogP contribution in [0.15, 0.2) is 60.8 Å². The van der Waals surface area contributed by atoms with E-state index in [1.165, 1.54) is 12.1 Å². The minimum atomic E-state index is -0.149. The number of dihydropyridines is 1. The lowest BCUT2D eigenvalue weighted by Gasteiger charge is -2.19. The topological polar surface area (TPSA) is 61.7 Å². The van der Waals surface area contributed by atoms with Crippen molar-refractivity contribution in [1.29, 1.82) is 0 Å². The van der Waals surface area contributed by atoms with E-state index in [-0.39, 0.29) is 11.5 Å². The Kier molecular flexibility index (Phi) is 6.12. The summed E-state index contributed by atoms with van der Waals surface area (Å²) in [5.74, 6) is 0.531. The number of hydrogen-bond donors (Lipinski definition) is 3. The van der Waals surface area contributed by atoms with Gasteiger partial charge in [0.05, 0.1) is 7.11 Å². The van der Waals surface area contributed by atoms with Crippen LogP contribution in [0.25, 0.3) is 11.3 Å². The van der Waals surface area contributed by atoms with Gasteiger partial charge in [-0.15, -0.1) is 0 Å². The van der Waals surface area contributed by atoms with Crippen molar-refractivity contribution in [2.75, 3.05) is 7.11 Å². The number of benzene rings is 2. The Morgan fingerprint density at radius 3 is 2.27 bits per heavy atom. The van der Waals surface area contributed by atoms with Crippen LogP contribution in [0.2, 0.25) is 0 Å². The molecule has 0 saturated carbocycles. The molecule has 4 heteroatoms. The van der Waals surface area contributed by atoms with E-state index < -0.39 is 0 Å². The van der Waals surface area contributed by atoms with Crippen molar-refractivity contribution in [3.63, 3.8) is 0 Å². The largest absolute Gasteiger partial charge is 0.504 e. The average Bonchev–Trinajstić information content (AvgIpc) is 2.65. The van der Waals surface area contributed by atoms with Crippen LogP contribution in [0.4, 0.5) is 0 Å². The summed E-state index contributed by atoms with van der Waals surface area (Å²) in [6.45, 7) is 9.99. The highest BCUT2D eigenvalue weighted by atomic mass is 16.5. The van der Waals surface area contributed by atoms with Gasteiger partial charge in [-0.1, -0.05) is 38.6 Å². The van der Waals surface area contributed by atoms with E-state index in [1.54, 1.807) is 13.2 Å². The fraction of sp³-hybridized carbons (Fsp3) is 0.182. The third-order valence-electron chi connectivity index (χ3n) is 3.95. The van der Waals surface area contributed by atoms with Gasteiger partial charge in [0.25, 0.3) is 0 Å². The number of allylic oxidation sites excluding steroid dienone is 3. The molecule has 3 N–H and O–H groups in total. The van der Waals surface area contributed by atoms with Crippen molar-refractivity contribution in [1.82, 2.24) is 5.32 Å². The Bertz CT molecular complexity index is 879. The van der Waals surface area contributed by atoms with Gasteiger partial charge in [-0.05, 0) is 54.0 Å². The van der Waals surface area contributed by atoms with Crippen molar-refractivity contribution in [3.05, 3.63) is 77.5 Å². The van der Waals surface area contributed by atoms with Crippen LogP contribution in [-0.4, -0.2) is 17.3 Å². The van der Waals surface area contributed by atoms with Crippen LogP contribution in [0.5, 0.6) is 17.2 Å². The zero-order valence-electron chi connectivity index (χ0n) is 15.6. The van der Waals surface area contributed by atoms with Gasteiger partial charge in [0, 0.05) is 17.0 Å². The predicted octanol–water partition coefficient (Wildman–Crippen LogP) is 4.98. The average molecular weight is 351 g/mol. The Morgan fingerprint density at radius 2 is 1.62 bits per heavy atom. The zero-order chi connectivity index (χ0) is 19.3. The van der Waals surface area contributed by atoms with Crippen molar-refractivity contribution in [2.45, 2.75) is 20.8 Å². The summed E-state index contributed by atoms with van der Waals surface area (Å²) < 4.78 is 5.39. The molecule has 0 fully saturated rings. The summed E-state index contributed by atoms with van der Waals surface area (Å²) in [6, 6.07) is 10.7. The molecule has 1 aliphatic heterocycles. The molecule has 0 saturated heterocycles. The maximum absolute atomic E-state index is 9.73. The summed E-state index contributed by atoms with van der Waals surface area (Å²) in [6.07, 6.45) is 3.87. The second-order valence-electron chi connectivity index (χ2n) is 5.70. The maximum Gasteiger partial charge on any atom is 0.158 e. The Morgan fingerprint density at radius 1 is 0.923 bits per heavy atom. The van der Waals surface area contributed by atoms with Crippen LogP contribution >= 0.6 is 0 Å². The zero-order valence-corrected chi connectivity index (χ0v) is 15.6. The first-order valence-electron chi connectivity index (χ1n) is 8.54. The SMILES string of the molecule is C=C1C=C(c2ccc(O)c(O)c2)C=C(c2ccc(C)c(OC)c2)N1.CC. The molecule has 0 amide bonds. The number of aryl methyl sites for hydroxylation is 1. The first kappa shape index (κ1) is 19.2. The number of phenols is 2. The molecule has 26 heavy (non-hydrogen) atoms. The quantitative estimate of drug-likeness (QED) is 0.682. The third-order valence-corrected chi connectivity index (χ3v) is 3.95. The smallest absolute Gasteiger partial charge is 0.158 e. The minimum Gasteiger partial charge on any atom is -0.504 e. The van der Waals surface area contributed by atoms with Gasteiger partial charge in [-0.2, -0.15) is 0 Å². The summed E-state index contributed by atoms with van der Waals surface area (Å²) in [5, 5.41) is 22.5. The monoisotopic (exact) mass is 351 g/mol. The summed E-state index contributed by atoms with van der Waals surface area (Å²) in [5.41, 5.74) is 5.37. The molecule has 4 nitrogen and oxygen atoms in total. The third kappa shape index (κ3) is 4.09. The Labute approximate surface area is 154 Å². The van der Waals surface area contributed by atoms with Gasteiger partial charge in [0.1, 0.15) is 5.75 Å². The van der Waals surface area contributed by atoms with Gasteiger partial charge < -0.3 is 20.3 Å². The van der Waals surface area contributed by atoms with Crippen LogP contribution in [0.1, 0.15) is 30.5 Å². The molecular weight excluding hydrogens is 326 g/mol. The van der Waals surface area contributed by atoms with Crippen molar-refractivity contribution in [3.8, 4) is 17.2 Å². The van der Waals surface area contributed by atoms with Crippen LogP contribution in [-0.2, 0) is 0 Å².